The van der Waals surface area contributed by atoms with E-state index in [1.807, 2.05) is 0 Å². The lowest BCUT2D eigenvalue weighted by Gasteiger charge is -2.44. The maximum absolute atomic E-state index is 13.4. The summed E-state index contributed by atoms with van der Waals surface area (Å²) in [5.74, 6) is -3.72. The molecular weight excluding hydrogens is 360 g/mol. The van der Waals surface area contributed by atoms with Crippen molar-refractivity contribution < 1.29 is 45.8 Å². The van der Waals surface area contributed by atoms with Crippen LogP contribution in [0.4, 0.5) is 26.3 Å². The van der Waals surface area contributed by atoms with Gasteiger partial charge in [-0.3, -0.25) is 9.59 Å². The monoisotopic (exact) mass is 369 g/mol. The Balaban J connectivity index is 2.30. The zero-order valence-corrected chi connectivity index (χ0v) is 12.1. The molecule has 11 heteroatoms. The van der Waals surface area contributed by atoms with E-state index < -0.39 is 53.4 Å². The molecule has 2 aliphatic heterocycles. The molecule has 136 valence electrons. The van der Waals surface area contributed by atoms with Gasteiger partial charge in [0.25, 0.3) is 0 Å². The van der Waals surface area contributed by atoms with E-state index in [4.69, 9.17) is 0 Å². The molecule has 0 radical (unpaired) electrons. The molecule has 2 aliphatic rings. The fourth-order valence-corrected chi connectivity index (χ4v) is 3.31. The molecule has 0 saturated carbocycles. The van der Waals surface area contributed by atoms with Crippen LogP contribution >= 0.6 is 0 Å². The number of ether oxygens (including phenoxy) is 1. The number of carbonyl (C=O) groups excluding carboxylic acids is 1. The fourth-order valence-electron chi connectivity index (χ4n) is 3.31. The second kappa shape index (κ2) is 5.10. The number of nitrogens with zero attached hydrogens (tertiary/aromatic N) is 1. The largest absolute Gasteiger partial charge is 0.480 e. The number of cyclic esters (lactones) is 1. The van der Waals surface area contributed by atoms with E-state index in [-0.39, 0.29) is 11.1 Å². The summed E-state index contributed by atoms with van der Waals surface area (Å²) in [5.41, 5.74) is -5.09. The van der Waals surface area contributed by atoms with Gasteiger partial charge in [0.2, 0.25) is 0 Å². The lowest BCUT2D eigenvalue weighted by atomic mass is 9.87. The second-order valence-corrected chi connectivity index (χ2v) is 5.63. The highest BCUT2D eigenvalue weighted by Gasteiger charge is 2.83. The Labute approximate surface area is 135 Å². The van der Waals surface area contributed by atoms with E-state index in [1.165, 1.54) is 18.2 Å². The molecule has 0 aliphatic carbocycles. The minimum absolute atomic E-state index is 0.174. The second-order valence-electron chi connectivity index (χ2n) is 5.63. The van der Waals surface area contributed by atoms with Crippen LogP contribution < -0.4 is 0 Å². The number of carboxylic acids is 1. The van der Waals surface area contributed by atoms with Gasteiger partial charge in [-0.25, -0.2) is 4.90 Å². The SMILES string of the molecule is O=C(O)[C@@H]1c2ccccc2C[C@H]2C(=O)OC(C(F)(F)F)(C(F)(F)F)N12. The van der Waals surface area contributed by atoms with Crippen molar-refractivity contribution in [3.05, 3.63) is 35.4 Å². The summed E-state index contributed by atoms with van der Waals surface area (Å²) >= 11 is 0. The average molecular weight is 369 g/mol. The van der Waals surface area contributed by atoms with Crippen molar-refractivity contribution in [2.45, 2.75) is 36.6 Å². The highest BCUT2D eigenvalue weighted by Crippen LogP contribution is 2.56. The molecule has 0 spiro atoms. The van der Waals surface area contributed by atoms with Gasteiger partial charge in [0, 0.05) is 0 Å². The van der Waals surface area contributed by atoms with Gasteiger partial charge in [0.15, 0.2) is 0 Å². The number of hydrogen-bond acceptors (Lipinski definition) is 4. The third-order valence-corrected chi connectivity index (χ3v) is 4.26. The zero-order chi connectivity index (χ0) is 18.8. The first-order chi connectivity index (χ1) is 11.4. The van der Waals surface area contributed by atoms with E-state index in [1.54, 1.807) is 0 Å². The van der Waals surface area contributed by atoms with E-state index in [2.05, 4.69) is 4.74 Å². The molecule has 0 amide bonds. The number of rotatable bonds is 1. The molecular formula is C14H9F6NO4. The number of carboxylic acid groups (broad SMARTS) is 1. The predicted octanol–water partition coefficient (Wildman–Crippen LogP) is 2.42. The fraction of sp³-hybridized carbons (Fsp3) is 0.429. The number of benzene rings is 1. The Morgan fingerprint density at radius 1 is 1.16 bits per heavy atom. The molecule has 1 saturated heterocycles. The first kappa shape index (κ1) is 17.5. The Hall–Kier alpha value is -2.30. The van der Waals surface area contributed by atoms with Gasteiger partial charge in [-0.2, -0.15) is 26.3 Å². The van der Waals surface area contributed by atoms with Gasteiger partial charge < -0.3 is 9.84 Å². The maximum atomic E-state index is 13.4. The van der Waals surface area contributed by atoms with E-state index in [0.717, 1.165) is 6.07 Å². The van der Waals surface area contributed by atoms with Crippen molar-refractivity contribution in [2.24, 2.45) is 0 Å². The molecule has 2 atom stereocenters. The molecule has 1 aromatic carbocycles. The summed E-state index contributed by atoms with van der Waals surface area (Å²) in [6.45, 7) is 0. The van der Waals surface area contributed by atoms with E-state index in [0.29, 0.717) is 0 Å². The van der Waals surface area contributed by atoms with Gasteiger partial charge >= 0.3 is 30.0 Å². The average Bonchev–Trinajstić information content (AvgIpc) is 2.78. The number of esters is 1. The van der Waals surface area contributed by atoms with E-state index in [9.17, 15) is 41.0 Å². The normalized spacial score (nSPS) is 25.9. The van der Waals surface area contributed by atoms with Crippen molar-refractivity contribution in [3.63, 3.8) is 0 Å². The Bertz CT molecular complexity index is 730. The lowest BCUT2D eigenvalue weighted by molar-refractivity contribution is -0.405. The highest BCUT2D eigenvalue weighted by molar-refractivity contribution is 5.84. The molecule has 3 rings (SSSR count). The van der Waals surface area contributed by atoms with Gasteiger partial charge in [-0.15, -0.1) is 0 Å². The van der Waals surface area contributed by atoms with Crippen molar-refractivity contribution in [1.29, 1.82) is 0 Å². The summed E-state index contributed by atoms with van der Waals surface area (Å²) in [6, 6.07) is 0.830. The Kier molecular flexibility index (Phi) is 3.57. The minimum atomic E-state index is -6.09. The third kappa shape index (κ3) is 2.21. The Morgan fingerprint density at radius 2 is 1.72 bits per heavy atom. The van der Waals surface area contributed by atoms with Crippen molar-refractivity contribution >= 4 is 11.9 Å². The maximum Gasteiger partial charge on any atom is 0.453 e. The Morgan fingerprint density at radius 3 is 2.24 bits per heavy atom. The van der Waals surface area contributed by atoms with Gasteiger partial charge in [-0.05, 0) is 17.5 Å². The number of carbonyl (C=O) groups is 2. The first-order valence-corrected chi connectivity index (χ1v) is 6.87. The molecule has 1 aromatic rings. The van der Waals surface area contributed by atoms with Crippen LogP contribution in [0, 0.1) is 0 Å². The molecule has 1 fully saturated rings. The topological polar surface area (TPSA) is 66.8 Å². The third-order valence-electron chi connectivity index (χ3n) is 4.26. The van der Waals surface area contributed by atoms with Gasteiger partial charge in [0.05, 0.1) is 0 Å². The summed E-state index contributed by atoms with van der Waals surface area (Å²) < 4.78 is 84.4. The molecule has 1 N–H and O–H groups in total. The van der Waals surface area contributed by atoms with Crippen LogP contribution in [0.25, 0.3) is 0 Å². The van der Waals surface area contributed by atoms with Crippen LogP contribution in [-0.2, 0) is 20.7 Å². The molecule has 2 heterocycles. The first-order valence-electron chi connectivity index (χ1n) is 6.87. The predicted molar refractivity (Wildman–Crippen MR) is 67.1 cm³/mol. The van der Waals surface area contributed by atoms with Crippen LogP contribution in [0.15, 0.2) is 24.3 Å². The van der Waals surface area contributed by atoms with Crippen molar-refractivity contribution in [3.8, 4) is 0 Å². The zero-order valence-electron chi connectivity index (χ0n) is 12.1. The van der Waals surface area contributed by atoms with E-state index >= 15 is 0 Å². The van der Waals surface area contributed by atoms with Gasteiger partial charge in [0.1, 0.15) is 12.1 Å². The summed E-state index contributed by atoms with van der Waals surface area (Å²) in [6.07, 6.45) is -12.7. The quantitative estimate of drug-likeness (QED) is 0.608. The number of halogens is 6. The van der Waals surface area contributed by atoms with Crippen LogP contribution in [0.5, 0.6) is 0 Å². The smallest absolute Gasteiger partial charge is 0.453 e. The number of hydrogen-bond donors (Lipinski definition) is 1. The van der Waals surface area contributed by atoms with Crippen molar-refractivity contribution in [2.75, 3.05) is 0 Å². The minimum Gasteiger partial charge on any atom is -0.480 e. The van der Waals surface area contributed by atoms with Crippen LogP contribution in [0.3, 0.4) is 0 Å². The lowest BCUT2D eigenvalue weighted by Crippen LogP contribution is -2.68. The molecule has 25 heavy (non-hydrogen) atoms. The van der Waals surface area contributed by atoms with Gasteiger partial charge in [-0.1, -0.05) is 24.3 Å². The molecule has 5 nitrogen and oxygen atoms in total. The molecule has 0 unspecified atom stereocenters. The molecule has 0 bridgehead atoms. The standard InChI is InChI=1S/C14H9F6NO4/c15-13(16,17)12(14(18,19)20)21-8(11(24)25-12)5-6-3-1-2-4-7(6)9(21)10(22)23/h1-4,8-9H,5H2,(H,22,23)/t8-,9-/m0/s1. The van der Waals surface area contributed by atoms with Crippen molar-refractivity contribution in [1.82, 2.24) is 4.90 Å². The van der Waals surface area contributed by atoms with Crippen LogP contribution in [0.1, 0.15) is 17.2 Å². The van der Waals surface area contributed by atoms with Crippen LogP contribution in [0.2, 0.25) is 0 Å². The number of aliphatic carboxylic acids is 1. The molecule has 0 aromatic heterocycles. The summed E-state index contributed by atoms with van der Waals surface area (Å²) in [5, 5.41) is 9.34. The highest BCUT2D eigenvalue weighted by atomic mass is 19.4. The number of fused-ring (bicyclic) bond motifs is 2. The summed E-state index contributed by atoms with van der Waals surface area (Å²) in [7, 11) is 0. The van der Waals surface area contributed by atoms with Crippen LogP contribution in [-0.4, -0.2) is 46.1 Å². The summed E-state index contributed by atoms with van der Waals surface area (Å²) in [4.78, 5) is 23.0. The number of alkyl halides is 6.